The van der Waals surface area contributed by atoms with Crippen molar-refractivity contribution in [2.75, 3.05) is 18.1 Å². The fraction of sp³-hybridized carbons (Fsp3) is 0.923. The molecule has 1 atom stereocenters. The first kappa shape index (κ1) is 16.8. The third-order valence-corrected chi connectivity index (χ3v) is 3.91. The molecule has 4 heteroatoms. The molecule has 0 bridgehead atoms. The molecule has 0 aromatic carbocycles. The van der Waals surface area contributed by atoms with Crippen LogP contribution in [0.15, 0.2) is 0 Å². The predicted octanol–water partition coefficient (Wildman–Crippen LogP) is 2.83. The molecule has 0 saturated heterocycles. The van der Waals surface area contributed by atoms with E-state index in [4.69, 9.17) is 10.5 Å². The van der Waals surface area contributed by atoms with Crippen LogP contribution in [0.1, 0.15) is 47.0 Å². The quantitative estimate of drug-likeness (QED) is 0.512. The van der Waals surface area contributed by atoms with Crippen LogP contribution in [0.5, 0.6) is 0 Å². The van der Waals surface area contributed by atoms with Gasteiger partial charge in [-0.1, -0.05) is 20.3 Å². The summed E-state index contributed by atoms with van der Waals surface area (Å²) in [6.07, 6.45) is 2.80. The molecule has 0 amide bonds. The lowest BCUT2D eigenvalue weighted by atomic mass is 9.96. The number of thioether (sulfide) groups is 1. The zero-order valence-corrected chi connectivity index (χ0v) is 12.4. The van der Waals surface area contributed by atoms with Crippen molar-refractivity contribution in [3.63, 3.8) is 0 Å². The van der Waals surface area contributed by atoms with E-state index in [1.54, 1.807) is 13.8 Å². The van der Waals surface area contributed by atoms with Gasteiger partial charge in [-0.25, -0.2) is 0 Å². The maximum absolute atomic E-state index is 11.5. The van der Waals surface area contributed by atoms with Gasteiger partial charge in [0.15, 0.2) is 0 Å². The second-order valence-electron chi connectivity index (χ2n) is 5.06. The smallest absolute Gasteiger partial charge is 0.325 e. The normalized spacial score (nSPS) is 14.7. The van der Waals surface area contributed by atoms with Crippen LogP contribution >= 0.6 is 11.8 Å². The summed E-state index contributed by atoms with van der Waals surface area (Å²) < 4.78 is 4.95. The molecule has 0 saturated carbocycles. The van der Waals surface area contributed by atoms with E-state index in [0.717, 1.165) is 24.5 Å². The van der Waals surface area contributed by atoms with Crippen LogP contribution in [0.3, 0.4) is 0 Å². The monoisotopic (exact) mass is 261 g/mol. The lowest BCUT2D eigenvalue weighted by Gasteiger charge is -2.21. The SMILES string of the molecule is CCOC(=O)C(C)(N)CCCCSCC(C)C. The van der Waals surface area contributed by atoms with Crippen LogP contribution in [0.25, 0.3) is 0 Å². The second-order valence-corrected chi connectivity index (χ2v) is 6.21. The molecular formula is C13H27NO2S. The molecule has 0 aromatic heterocycles. The number of nitrogens with two attached hydrogens (primary N) is 1. The van der Waals surface area contributed by atoms with E-state index >= 15 is 0 Å². The van der Waals surface area contributed by atoms with E-state index in [1.807, 2.05) is 11.8 Å². The maximum atomic E-state index is 11.5. The second kappa shape index (κ2) is 8.81. The van der Waals surface area contributed by atoms with Crippen molar-refractivity contribution in [1.29, 1.82) is 0 Å². The van der Waals surface area contributed by atoms with Crippen molar-refractivity contribution in [1.82, 2.24) is 0 Å². The molecule has 0 aliphatic heterocycles. The minimum atomic E-state index is -0.821. The van der Waals surface area contributed by atoms with E-state index in [1.165, 1.54) is 5.75 Å². The van der Waals surface area contributed by atoms with Gasteiger partial charge < -0.3 is 10.5 Å². The first-order valence-corrected chi connectivity index (χ1v) is 7.59. The molecular weight excluding hydrogens is 234 g/mol. The van der Waals surface area contributed by atoms with Crippen LogP contribution in [0, 0.1) is 5.92 Å². The van der Waals surface area contributed by atoms with Gasteiger partial charge in [0.2, 0.25) is 0 Å². The van der Waals surface area contributed by atoms with Crippen LogP contribution in [-0.2, 0) is 9.53 Å². The third kappa shape index (κ3) is 8.50. The summed E-state index contributed by atoms with van der Waals surface area (Å²) in [5.74, 6) is 2.82. The standard InChI is InChI=1S/C13H27NO2S/c1-5-16-12(15)13(4,14)8-6-7-9-17-10-11(2)3/h11H,5-10,14H2,1-4H3. The molecule has 1 unspecified atom stereocenters. The Balaban J connectivity index is 3.62. The van der Waals surface area contributed by atoms with Crippen molar-refractivity contribution >= 4 is 17.7 Å². The number of esters is 1. The van der Waals surface area contributed by atoms with Crippen molar-refractivity contribution in [2.24, 2.45) is 11.7 Å². The predicted molar refractivity (Wildman–Crippen MR) is 75.2 cm³/mol. The van der Waals surface area contributed by atoms with E-state index in [0.29, 0.717) is 13.0 Å². The number of hydrogen-bond acceptors (Lipinski definition) is 4. The van der Waals surface area contributed by atoms with Crippen molar-refractivity contribution < 1.29 is 9.53 Å². The van der Waals surface area contributed by atoms with E-state index in [2.05, 4.69) is 13.8 Å². The molecule has 0 aliphatic carbocycles. The average Bonchev–Trinajstić information content (AvgIpc) is 2.23. The summed E-state index contributed by atoms with van der Waals surface area (Å²) in [5.41, 5.74) is 5.11. The van der Waals surface area contributed by atoms with Crippen LogP contribution < -0.4 is 5.73 Å². The molecule has 0 aromatic rings. The van der Waals surface area contributed by atoms with Crippen LogP contribution in [0.4, 0.5) is 0 Å². The highest BCUT2D eigenvalue weighted by molar-refractivity contribution is 7.99. The Hall–Kier alpha value is -0.220. The molecule has 0 radical (unpaired) electrons. The van der Waals surface area contributed by atoms with Gasteiger partial charge >= 0.3 is 5.97 Å². The van der Waals surface area contributed by atoms with Gasteiger partial charge in [0.05, 0.1) is 6.61 Å². The molecule has 0 fully saturated rings. The van der Waals surface area contributed by atoms with Crippen LogP contribution in [-0.4, -0.2) is 29.6 Å². The first-order chi connectivity index (χ1) is 7.90. The Labute approximate surface area is 110 Å². The fourth-order valence-corrected chi connectivity index (χ4v) is 2.46. The van der Waals surface area contributed by atoms with Crippen LogP contribution in [0.2, 0.25) is 0 Å². The molecule has 0 spiro atoms. The molecule has 0 rings (SSSR count). The molecule has 0 aliphatic rings. The number of rotatable bonds is 9. The summed E-state index contributed by atoms with van der Waals surface area (Å²) in [6, 6.07) is 0. The summed E-state index contributed by atoms with van der Waals surface area (Å²) in [5, 5.41) is 0. The van der Waals surface area contributed by atoms with Crippen molar-refractivity contribution in [2.45, 2.75) is 52.5 Å². The van der Waals surface area contributed by atoms with E-state index < -0.39 is 5.54 Å². The highest BCUT2D eigenvalue weighted by Crippen LogP contribution is 2.16. The first-order valence-electron chi connectivity index (χ1n) is 6.44. The molecule has 102 valence electrons. The number of unbranched alkanes of at least 4 members (excludes halogenated alkanes) is 1. The Bertz CT molecular complexity index is 217. The van der Waals surface area contributed by atoms with E-state index in [9.17, 15) is 4.79 Å². The summed E-state index contributed by atoms with van der Waals surface area (Å²) in [7, 11) is 0. The summed E-state index contributed by atoms with van der Waals surface area (Å²) in [6.45, 7) is 8.41. The van der Waals surface area contributed by atoms with E-state index in [-0.39, 0.29) is 5.97 Å². The topological polar surface area (TPSA) is 52.3 Å². The Morgan fingerprint density at radius 1 is 1.41 bits per heavy atom. The minimum Gasteiger partial charge on any atom is -0.465 e. The highest BCUT2D eigenvalue weighted by atomic mass is 32.2. The van der Waals surface area contributed by atoms with Gasteiger partial charge in [-0.15, -0.1) is 0 Å². The van der Waals surface area contributed by atoms with Crippen molar-refractivity contribution in [3.05, 3.63) is 0 Å². The van der Waals surface area contributed by atoms with Gasteiger partial charge in [0.1, 0.15) is 5.54 Å². The Kier molecular flexibility index (Phi) is 8.70. The number of ether oxygens (including phenoxy) is 1. The molecule has 17 heavy (non-hydrogen) atoms. The molecule has 0 heterocycles. The number of carbonyl (C=O) groups is 1. The molecule has 2 N–H and O–H groups in total. The van der Waals surface area contributed by atoms with Gasteiger partial charge in [-0.2, -0.15) is 11.8 Å². The van der Waals surface area contributed by atoms with Gasteiger partial charge in [0.25, 0.3) is 0 Å². The summed E-state index contributed by atoms with van der Waals surface area (Å²) in [4.78, 5) is 11.5. The van der Waals surface area contributed by atoms with Gasteiger partial charge in [0, 0.05) is 0 Å². The number of carbonyl (C=O) groups excluding carboxylic acids is 1. The average molecular weight is 261 g/mol. The maximum Gasteiger partial charge on any atom is 0.325 e. The highest BCUT2D eigenvalue weighted by Gasteiger charge is 2.28. The fourth-order valence-electron chi connectivity index (χ4n) is 1.41. The largest absolute Gasteiger partial charge is 0.465 e. The summed E-state index contributed by atoms with van der Waals surface area (Å²) >= 11 is 1.97. The Morgan fingerprint density at radius 3 is 2.59 bits per heavy atom. The lowest BCUT2D eigenvalue weighted by molar-refractivity contribution is -0.149. The van der Waals surface area contributed by atoms with Gasteiger partial charge in [-0.05, 0) is 44.1 Å². The number of hydrogen-bond donors (Lipinski definition) is 1. The third-order valence-electron chi connectivity index (χ3n) is 2.43. The molecule has 3 nitrogen and oxygen atoms in total. The minimum absolute atomic E-state index is 0.283. The lowest BCUT2D eigenvalue weighted by Crippen LogP contribution is -2.46. The Morgan fingerprint density at radius 2 is 2.06 bits per heavy atom. The van der Waals surface area contributed by atoms with Gasteiger partial charge in [-0.3, -0.25) is 4.79 Å². The zero-order chi connectivity index (χ0) is 13.3. The zero-order valence-electron chi connectivity index (χ0n) is 11.6. The van der Waals surface area contributed by atoms with Crippen molar-refractivity contribution in [3.8, 4) is 0 Å².